The van der Waals surface area contributed by atoms with Crippen molar-refractivity contribution in [3.63, 3.8) is 0 Å². The molecule has 2 aromatic rings. The van der Waals surface area contributed by atoms with E-state index in [1.807, 2.05) is 47.4 Å². The van der Waals surface area contributed by atoms with Gasteiger partial charge in [-0.2, -0.15) is 0 Å². The molecule has 1 aliphatic heterocycles. The highest BCUT2D eigenvalue weighted by Crippen LogP contribution is 2.51. The summed E-state index contributed by atoms with van der Waals surface area (Å²) < 4.78 is 5.18. The van der Waals surface area contributed by atoms with Crippen LogP contribution in [-0.4, -0.2) is 41.9 Å². The van der Waals surface area contributed by atoms with Gasteiger partial charge in [0.1, 0.15) is 5.75 Å². The van der Waals surface area contributed by atoms with Crippen LogP contribution >= 0.6 is 0 Å². The van der Waals surface area contributed by atoms with Crippen LogP contribution in [0.2, 0.25) is 0 Å². The molecule has 4 rings (SSSR count). The minimum Gasteiger partial charge on any atom is -0.497 e. The third-order valence-electron chi connectivity index (χ3n) is 6.62. The lowest BCUT2D eigenvalue weighted by Gasteiger charge is -2.41. The summed E-state index contributed by atoms with van der Waals surface area (Å²) in [5.41, 5.74) is 1.93. The van der Waals surface area contributed by atoms with E-state index in [0.717, 1.165) is 36.3 Å². The number of carbonyl (C=O) groups is 2. The Morgan fingerprint density at radius 2 is 2.00 bits per heavy atom. The van der Waals surface area contributed by atoms with E-state index in [4.69, 9.17) is 4.74 Å². The SMILES string of the molecule is COc1ccc(CCC(=O)N2CC(C(=O)NCc3ccccn3)C3(CCC3)C2)cc1. The standard InChI is InChI=1S/C24H29N3O3/c1-30-20-9-6-18(7-10-20)8-11-22(28)27-16-21(24(17-27)12-4-13-24)23(29)26-15-19-5-2-3-14-25-19/h2-3,5-7,9-10,14,21H,4,8,11-13,15-17H2,1H3,(H,26,29). The van der Waals surface area contributed by atoms with Gasteiger partial charge in [-0.15, -0.1) is 0 Å². The lowest BCUT2D eigenvalue weighted by Crippen LogP contribution is -2.45. The van der Waals surface area contributed by atoms with Crippen LogP contribution < -0.4 is 10.1 Å². The molecule has 1 spiro atoms. The Kier molecular flexibility index (Phi) is 6.02. The number of rotatable bonds is 7. The molecule has 1 N–H and O–H groups in total. The number of ether oxygens (including phenoxy) is 1. The first-order chi connectivity index (χ1) is 14.6. The van der Waals surface area contributed by atoms with Crippen LogP contribution in [0.5, 0.6) is 5.75 Å². The van der Waals surface area contributed by atoms with Gasteiger partial charge in [0, 0.05) is 31.1 Å². The number of nitrogens with one attached hydrogen (secondary N) is 1. The average molecular weight is 408 g/mol. The van der Waals surface area contributed by atoms with Crippen LogP contribution in [0.1, 0.15) is 36.9 Å². The van der Waals surface area contributed by atoms with Crippen LogP contribution in [0, 0.1) is 11.3 Å². The van der Waals surface area contributed by atoms with Gasteiger partial charge >= 0.3 is 0 Å². The summed E-state index contributed by atoms with van der Waals surface area (Å²) in [4.78, 5) is 32.0. The van der Waals surface area contributed by atoms with E-state index in [1.54, 1.807) is 13.3 Å². The molecular weight excluding hydrogens is 378 g/mol. The second-order valence-corrected chi connectivity index (χ2v) is 8.43. The summed E-state index contributed by atoms with van der Waals surface area (Å²) in [6, 6.07) is 13.5. The van der Waals surface area contributed by atoms with Gasteiger partial charge < -0.3 is 15.0 Å². The molecule has 0 bridgehead atoms. The van der Waals surface area contributed by atoms with Crippen molar-refractivity contribution in [2.75, 3.05) is 20.2 Å². The maximum atomic E-state index is 12.9. The number of carbonyl (C=O) groups excluding carboxylic acids is 2. The molecule has 1 aromatic carbocycles. The fraction of sp³-hybridized carbons (Fsp3) is 0.458. The number of pyridine rings is 1. The number of likely N-dealkylation sites (tertiary alicyclic amines) is 1. The molecule has 1 saturated carbocycles. The number of aryl methyl sites for hydroxylation is 1. The fourth-order valence-corrected chi connectivity index (χ4v) is 4.66. The predicted molar refractivity (Wildman–Crippen MR) is 114 cm³/mol. The third-order valence-corrected chi connectivity index (χ3v) is 6.62. The van der Waals surface area contributed by atoms with Crippen molar-refractivity contribution in [2.24, 2.45) is 11.3 Å². The van der Waals surface area contributed by atoms with Crippen molar-refractivity contribution < 1.29 is 14.3 Å². The number of hydrogen-bond acceptors (Lipinski definition) is 4. The molecule has 1 aliphatic carbocycles. The third kappa shape index (κ3) is 4.32. The van der Waals surface area contributed by atoms with Crippen molar-refractivity contribution in [3.05, 3.63) is 59.9 Å². The van der Waals surface area contributed by atoms with Crippen LogP contribution in [0.4, 0.5) is 0 Å². The lowest BCUT2D eigenvalue weighted by atomic mass is 9.62. The highest BCUT2D eigenvalue weighted by Gasteiger charge is 2.54. The molecule has 6 heteroatoms. The Balaban J connectivity index is 1.33. The maximum Gasteiger partial charge on any atom is 0.225 e. The van der Waals surface area contributed by atoms with E-state index in [1.165, 1.54) is 0 Å². The van der Waals surface area contributed by atoms with E-state index in [0.29, 0.717) is 32.5 Å². The predicted octanol–water partition coefficient (Wildman–Crippen LogP) is 2.97. The van der Waals surface area contributed by atoms with Gasteiger partial charge in [-0.25, -0.2) is 0 Å². The molecule has 1 aromatic heterocycles. The van der Waals surface area contributed by atoms with Crippen molar-refractivity contribution in [2.45, 2.75) is 38.6 Å². The second-order valence-electron chi connectivity index (χ2n) is 8.43. The zero-order valence-electron chi connectivity index (χ0n) is 17.5. The molecule has 2 fully saturated rings. The maximum absolute atomic E-state index is 12.9. The van der Waals surface area contributed by atoms with E-state index in [2.05, 4.69) is 10.3 Å². The molecule has 2 amide bonds. The van der Waals surface area contributed by atoms with Gasteiger partial charge in [-0.05, 0) is 49.1 Å². The normalized spacial score (nSPS) is 19.4. The van der Waals surface area contributed by atoms with Crippen molar-refractivity contribution in [3.8, 4) is 5.75 Å². The molecule has 0 radical (unpaired) electrons. The van der Waals surface area contributed by atoms with E-state index < -0.39 is 0 Å². The summed E-state index contributed by atoms with van der Waals surface area (Å²) in [5.74, 6) is 0.874. The smallest absolute Gasteiger partial charge is 0.225 e. The average Bonchev–Trinajstić information content (AvgIpc) is 3.19. The highest BCUT2D eigenvalue weighted by atomic mass is 16.5. The molecule has 1 atom stereocenters. The first-order valence-corrected chi connectivity index (χ1v) is 10.7. The summed E-state index contributed by atoms with van der Waals surface area (Å²) >= 11 is 0. The van der Waals surface area contributed by atoms with Crippen LogP contribution in [-0.2, 0) is 22.6 Å². The Morgan fingerprint density at radius 3 is 2.63 bits per heavy atom. The van der Waals surface area contributed by atoms with Gasteiger partial charge in [-0.3, -0.25) is 14.6 Å². The fourth-order valence-electron chi connectivity index (χ4n) is 4.66. The monoisotopic (exact) mass is 407 g/mol. The molecule has 1 saturated heterocycles. The summed E-state index contributed by atoms with van der Waals surface area (Å²) in [6.45, 7) is 1.66. The first-order valence-electron chi connectivity index (χ1n) is 10.7. The number of nitrogens with zero attached hydrogens (tertiary/aromatic N) is 2. The Hall–Kier alpha value is -2.89. The topological polar surface area (TPSA) is 71.5 Å². The van der Waals surface area contributed by atoms with Gasteiger partial charge in [0.25, 0.3) is 0 Å². The second kappa shape index (κ2) is 8.86. The van der Waals surface area contributed by atoms with E-state index >= 15 is 0 Å². The van der Waals surface area contributed by atoms with Crippen LogP contribution in [0.25, 0.3) is 0 Å². The molecule has 6 nitrogen and oxygen atoms in total. The van der Waals surface area contributed by atoms with Gasteiger partial charge in [0.2, 0.25) is 11.8 Å². The Morgan fingerprint density at radius 1 is 1.20 bits per heavy atom. The quantitative estimate of drug-likeness (QED) is 0.766. The first kappa shape index (κ1) is 20.4. The highest BCUT2D eigenvalue weighted by molar-refractivity contribution is 5.83. The lowest BCUT2D eigenvalue weighted by molar-refractivity contribution is -0.130. The molecule has 1 unspecified atom stereocenters. The zero-order valence-corrected chi connectivity index (χ0v) is 17.5. The Bertz CT molecular complexity index is 878. The molecule has 2 aliphatic rings. The largest absolute Gasteiger partial charge is 0.497 e. The summed E-state index contributed by atoms with van der Waals surface area (Å²) in [6.07, 6.45) is 6.08. The minimum atomic E-state index is -0.125. The minimum absolute atomic E-state index is 0.0377. The van der Waals surface area contributed by atoms with Crippen LogP contribution in [0.15, 0.2) is 48.7 Å². The van der Waals surface area contributed by atoms with Gasteiger partial charge in [-0.1, -0.05) is 24.6 Å². The van der Waals surface area contributed by atoms with E-state index in [9.17, 15) is 9.59 Å². The number of amides is 2. The number of aromatic nitrogens is 1. The van der Waals surface area contributed by atoms with Crippen LogP contribution in [0.3, 0.4) is 0 Å². The number of benzene rings is 1. The van der Waals surface area contributed by atoms with Crippen molar-refractivity contribution in [1.29, 1.82) is 0 Å². The summed E-state index contributed by atoms with van der Waals surface area (Å²) in [5, 5.41) is 3.04. The Labute approximate surface area is 177 Å². The molecule has 2 heterocycles. The van der Waals surface area contributed by atoms with Gasteiger partial charge in [0.05, 0.1) is 25.3 Å². The summed E-state index contributed by atoms with van der Waals surface area (Å²) in [7, 11) is 1.64. The van der Waals surface area contributed by atoms with Gasteiger partial charge in [0.15, 0.2) is 0 Å². The number of hydrogen-bond donors (Lipinski definition) is 1. The van der Waals surface area contributed by atoms with E-state index in [-0.39, 0.29) is 23.1 Å². The molecule has 30 heavy (non-hydrogen) atoms. The molecular formula is C24H29N3O3. The molecule has 158 valence electrons. The zero-order chi connectivity index (χ0) is 21.0. The van der Waals surface area contributed by atoms with Crippen molar-refractivity contribution in [1.82, 2.24) is 15.2 Å². The van der Waals surface area contributed by atoms with Crippen molar-refractivity contribution >= 4 is 11.8 Å². The number of methoxy groups -OCH3 is 1.